The van der Waals surface area contributed by atoms with Gasteiger partial charge in [-0.25, -0.2) is 4.98 Å². The van der Waals surface area contributed by atoms with E-state index in [1.165, 1.54) is 12.1 Å². The molecule has 0 amide bonds. The Bertz CT molecular complexity index is 613. The third-order valence-electron chi connectivity index (χ3n) is 2.61. The van der Waals surface area contributed by atoms with Gasteiger partial charge in [0.25, 0.3) is 0 Å². The molecule has 1 N–H and O–H groups in total. The molecule has 0 bridgehead atoms. The Kier molecular flexibility index (Phi) is 3.46. The minimum Gasteiger partial charge on any atom is -0.512 e. The van der Waals surface area contributed by atoms with Crippen molar-refractivity contribution in [3.63, 3.8) is 0 Å². The van der Waals surface area contributed by atoms with E-state index in [9.17, 15) is 9.90 Å². The molecule has 18 heavy (non-hydrogen) atoms. The molecule has 0 saturated heterocycles. The van der Waals surface area contributed by atoms with Gasteiger partial charge >= 0.3 is 0 Å². The molecular weight excluding hydrogens is 230 g/mol. The van der Waals surface area contributed by atoms with Crippen LogP contribution in [0.25, 0.3) is 17.5 Å². The normalized spacial score (nSPS) is 13.3. The second-order valence-electron chi connectivity index (χ2n) is 3.79. The van der Waals surface area contributed by atoms with Crippen molar-refractivity contribution in [3.05, 3.63) is 45.6 Å². The summed E-state index contributed by atoms with van der Waals surface area (Å²) in [5.74, 6) is 1.29. The number of aryl methyl sites for hydroxylation is 1. The molecule has 0 atom stereocenters. The van der Waals surface area contributed by atoms with Crippen LogP contribution in [0.1, 0.15) is 31.7 Å². The smallest absolute Gasteiger partial charge is 0.182 e. The zero-order valence-corrected chi connectivity index (χ0v) is 10.4. The first kappa shape index (κ1) is 12.4. The Morgan fingerprint density at radius 1 is 1.28 bits per heavy atom. The van der Waals surface area contributed by atoms with Crippen molar-refractivity contribution in [2.24, 2.45) is 0 Å². The average Bonchev–Trinajstić information content (AvgIpc) is 2.38. The summed E-state index contributed by atoms with van der Waals surface area (Å²) in [6.45, 7) is 4.00. The van der Waals surface area contributed by atoms with Crippen molar-refractivity contribution in [2.45, 2.75) is 26.7 Å². The van der Waals surface area contributed by atoms with Crippen LogP contribution in [0.4, 0.5) is 0 Å². The second-order valence-corrected chi connectivity index (χ2v) is 3.79. The minimum absolute atomic E-state index is 0.109. The number of aromatic nitrogens is 1. The summed E-state index contributed by atoms with van der Waals surface area (Å²) in [5, 5.41) is 9.39. The van der Waals surface area contributed by atoms with Gasteiger partial charge in [-0.3, -0.25) is 4.79 Å². The first-order valence-corrected chi connectivity index (χ1v) is 6.06. The Hall–Kier alpha value is -2.10. The lowest BCUT2D eigenvalue weighted by atomic mass is 10.1. The fourth-order valence-corrected chi connectivity index (χ4v) is 1.81. The molecule has 4 heteroatoms. The summed E-state index contributed by atoms with van der Waals surface area (Å²) in [4.78, 5) is 15.6. The molecule has 0 saturated carbocycles. The van der Waals surface area contributed by atoms with E-state index in [0.29, 0.717) is 30.1 Å². The highest BCUT2D eigenvalue weighted by molar-refractivity contribution is 5.58. The molecule has 0 aromatic carbocycles. The number of hydrogen-bond donors (Lipinski definition) is 1. The van der Waals surface area contributed by atoms with Crippen molar-refractivity contribution < 1.29 is 9.52 Å². The van der Waals surface area contributed by atoms with Gasteiger partial charge in [0.05, 0.1) is 11.5 Å². The zero-order valence-electron chi connectivity index (χ0n) is 10.4. The molecule has 3 aliphatic rings. The van der Waals surface area contributed by atoms with Gasteiger partial charge in [-0.05, 0) is 12.1 Å². The van der Waals surface area contributed by atoms with Gasteiger partial charge in [0.1, 0.15) is 5.69 Å². The molecule has 0 aromatic heterocycles. The van der Waals surface area contributed by atoms with E-state index in [1.807, 2.05) is 13.8 Å². The lowest BCUT2D eigenvalue weighted by molar-refractivity contribution is 0.384. The summed E-state index contributed by atoms with van der Waals surface area (Å²) in [6.07, 6.45) is 2.81. The summed E-state index contributed by atoms with van der Waals surface area (Å²) in [6, 6.07) is 4.52. The highest BCUT2D eigenvalue weighted by Crippen LogP contribution is 2.27. The van der Waals surface area contributed by atoms with Crippen molar-refractivity contribution in [3.8, 4) is 11.5 Å². The third kappa shape index (κ3) is 2.27. The van der Waals surface area contributed by atoms with Gasteiger partial charge in [-0.15, -0.1) is 0 Å². The molecule has 0 unspecified atom stereocenters. The zero-order chi connectivity index (χ0) is 13.1. The summed E-state index contributed by atoms with van der Waals surface area (Å²) >= 11 is 0. The number of fused-ring (bicyclic) bond motifs is 2. The van der Waals surface area contributed by atoms with Crippen molar-refractivity contribution in [1.29, 1.82) is 0 Å². The fourth-order valence-electron chi connectivity index (χ4n) is 1.81. The number of benzene rings is 1. The van der Waals surface area contributed by atoms with Crippen molar-refractivity contribution in [1.82, 2.24) is 4.98 Å². The maximum Gasteiger partial charge on any atom is 0.182 e. The highest BCUT2D eigenvalue weighted by Gasteiger charge is 2.17. The molecule has 94 valence electrons. The number of allylic oxidation sites excluding steroid dienone is 1. The minimum atomic E-state index is -0.109. The van der Waals surface area contributed by atoms with Gasteiger partial charge in [-0.2, -0.15) is 0 Å². The van der Waals surface area contributed by atoms with Crippen LogP contribution >= 0.6 is 0 Å². The molecule has 4 nitrogen and oxygen atoms in total. The van der Waals surface area contributed by atoms with E-state index in [2.05, 4.69) is 4.98 Å². The van der Waals surface area contributed by atoms with Crippen molar-refractivity contribution >= 4 is 6.08 Å². The van der Waals surface area contributed by atoms with Crippen molar-refractivity contribution in [2.75, 3.05) is 0 Å². The number of hydrogen-bond acceptors (Lipinski definition) is 4. The van der Waals surface area contributed by atoms with Crippen LogP contribution in [0, 0.1) is 0 Å². The van der Waals surface area contributed by atoms with Crippen LogP contribution in [0.5, 0.6) is 0 Å². The van der Waals surface area contributed by atoms with Gasteiger partial charge in [-0.1, -0.05) is 13.8 Å². The largest absolute Gasteiger partial charge is 0.512 e. The van der Waals surface area contributed by atoms with Crippen LogP contribution in [-0.4, -0.2) is 10.1 Å². The van der Waals surface area contributed by atoms with Crippen LogP contribution in [0.15, 0.2) is 33.2 Å². The molecule has 0 aromatic rings. The Labute approximate surface area is 105 Å². The topological polar surface area (TPSA) is 63.3 Å². The van der Waals surface area contributed by atoms with Crippen LogP contribution < -0.4 is 5.43 Å². The maximum absolute atomic E-state index is 11.2. The van der Waals surface area contributed by atoms with Crippen LogP contribution in [-0.2, 0) is 6.42 Å². The number of rotatable bonds is 0. The van der Waals surface area contributed by atoms with E-state index in [0.717, 1.165) is 5.69 Å². The number of aliphatic hydroxyl groups is 1. The summed E-state index contributed by atoms with van der Waals surface area (Å²) < 4.78 is 5.54. The Balaban J connectivity index is 0.000000574. The number of nitrogens with zero attached hydrogens (tertiary/aromatic N) is 1. The summed E-state index contributed by atoms with van der Waals surface area (Å²) in [7, 11) is 0. The lowest BCUT2D eigenvalue weighted by Crippen LogP contribution is -2.06. The van der Waals surface area contributed by atoms with Gasteiger partial charge in [0.2, 0.25) is 0 Å². The molecule has 2 aliphatic carbocycles. The SMILES string of the molecule is CC.O=c1ccc2nc3c(oc-2c1)C=C(O)CC3. The van der Waals surface area contributed by atoms with Gasteiger partial charge < -0.3 is 9.52 Å². The van der Waals surface area contributed by atoms with Crippen LogP contribution in [0.2, 0.25) is 0 Å². The quantitative estimate of drug-likeness (QED) is 0.774. The van der Waals surface area contributed by atoms with E-state index < -0.39 is 0 Å². The monoisotopic (exact) mass is 245 g/mol. The summed E-state index contributed by atoms with van der Waals surface area (Å²) in [5.41, 5.74) is 1.39. The number of aliphatic hydroxyl groups excluding tert-OH is 1. The Morgan fingerprint density at radius 3 is 2.83 bits per heavy atom. The average molecular weight is 245 g/mol. The third-order valence-corrected chi connectivity index (χ3v) is 2.61. The molecular formula is C14H15NO3. The first-order valence-electron chi connectivity index (χ1n) is 6.06. The standard InChI is InChI=1S/C12H9NO3.C2H6/c14-7-1-3-9-11(5-7)16-12-6-8(15)2-4-10(12)13-9;1-2/h1,3,5-6,15H,2,4H2;1-2H3. The first-order chi connectivity index (χ1) is 8.72. The molecule has 0 fully saturated rings. The molecule has 0 spiro atoms. The predicted octanol–water partition coefficient (Wildman–Crippen LogP) is 3.01. The molecule has 1 heterocycles. The van der Waals surface area contributed by atoms with Crippen LogP contribution in [0.3, 0.4) is 0 Å². The fraction of sp³-hybridized carbons (Fsp3) is 0.286. The predicted molar refractivity (Wildman–Crippen MR) is 69.7 cm³/mol. The van der Waals surface area contributed by atoms with E-state index in [-0.39, 0.29) is 11.2 Å². The van der Waals surface area contributed by atoms with E-state index in [4.69, 9.17) is 4.42 Å². The second kappa shape index (κ2) is 5.04. The highest BCUT2D eigenvalue weighted by atomic mass is 16.3. The van der Waals surface area contributed by atoms with E-state index in [1.54, 1.807) is 12.1 Å². The van der Waals surface area contributed by atoms with Gasteiger partial charge in [0.15, 0.2) is 16.9 Å². The van der Waals surface area contributed by atoms with E-state index >= 15 is 0 Å². The lowest BCUT2D eigenvalue weighted by Gasteiger charge is -2.13. The molecule has 3 rings (SSSR count). The Morgan fingerprint density at radius 2 is 2.06 bits per heavy atom. The molecule has 1 aliphatic heterocycles. The maximum atomic E-state index is 11.2. The van der Waals surface area contributed by atoms with Gasteiger partial charge in [0, 0.05) is 25.0 Å². The molecule has 0 radical (unpaired) electrons.